The molecule has 0 spiro atoms. The summed E-state index contributed by atoms with van der Waals surface area (Å²) in [7, 11) is 0.299. The SMILES string of the molecule is CNCCn1cc(S(=O)(=O)NCC2CN(C)CCO2)cn1. The number of nitrogens with one attached hydrogen (secondary N) is 2. The summed E-state index contributed by atoms with van der Waals surface area (Å²) >= 11 is 0. The summed E-state index contributed by atoms with van der Waals surface area (Å²) in [5.74, 6) is 0. The van der Waals surface area contributed by atoms with Crippen molar-refractivity contribution in [2.75, 3.05) is 46.9 Å². The second-order valence-corrected chi connectivity index (χ2v) is 6.92. The molecule has 1 aromatic rings. The average molecular weight is 317 g/mol. The zero-order valence-corrected chi connectivity index (χ0v) is 13.3. The van der Waals surface area contributed by atoms with E-state index in [1.165, 1.54) is 12.4 Å². The van der Waals surface area contributed by atoms with Crippen LogP contribution in [0.3, 0.4) is 0 Å². The van der Waals surface area contributed by atoms with E-state index in [1.54, 1.807) is 4.68 Å². The summed E-state index contributed by atoms with van der Waals surface area (Å²) in [5, 5.41) is 7.03. The van der Waals surface area contributed by atoms with Gasteiger partial charge >= 0.3 is 0 Å². The van der Waals surface area contributed by atoms with Crippen molar-refractivity contribution >= 4 is 10.0 Å². The zero-order chi connectivity index (χ0) is 15.3. The van der Waals surface area contributed by atoms with Gasteiger partial charge in [-0.15, -0.1) is 0 Å². The lowest BCUT2D eigenvalue weighted by atomic mass is 10.3. The van der Waals surface area contributed by atoms with E-state index in [9.17, 15) is 8.42 Å². The van der Waals surface area contributed by atoms with Gasteiger partial charge in [0.1, 0.15) is 4.90 Å². The molecule has 0 bridgehead atoms. The van der Waals surface area contributed by atoms with Crippen LogP contribution >= 0.6 is 0 Å². The third-order valence-corrected chi connectivity index (χ3v) is 4.73. The molecule has 0 aromatic carbocycles. The first-order valence-corrected chi connectivity index (χ1v) is 8.46. The monoisotopic (exact) mass is 317 g/mol. The molecule has 1 saturated heterocycles. The third-order valence-electron chi connectivity index (χ3n) is 3.35. The third kappa shape index (κ3) is 4.75. The van der Waals surface area contributed by atoms with Crippen LogP contribution in [0.15, 0.2) is 17.3 Å². The highest BCUT2D eigenvalue weighted by molar-refractivity contribution is 7.89. The molecule has 1 fully saturated rings. The number of rotatable bonds is 7. The van der Waals surface area contributed by atoms with Gasteiger partial charge < -0.3 is 15.0 Å². The maximum atomic E-state index is 12.2. The highest BCUT2D eigenvalue weighted by Crippen LogP contribution is 2.08. The molecule has 1 aliphatic rings. The Morgan fingerprint density at radius 3 is 3.05 bits per heavy atom. The van der Waals surface area contributed by atoms with E-state index in [0.717, 1.165) is 19.6 Å². The molecule has 0 radical (unpaired) electrons. The Morgan fingerprint density at radius 1 is 1.52 bits per heavy atom. The number of hydrogen-bond acceptors (Lipinski definition) is 6. The van der Waals surface area contributed by atoms with Crippen LogP contribution < -0.4 is 10.0 Å². The van der Waals surface area contributed by atoms with Gasteiger partial charge in [0.25, 0.3) is 0 Å². The number of nitrogens with zero attached hydrogens (tertiary/aromatic N) is 3. The summed E-state index contributed by atoms with van der Waals surface area (Å²) in [4.78, 5) is 2.31. The normalized spacial score (nSPS) is 20.8. The van der Waals surface area contributed by atoms with Crippen LogP contribution in [0.25, 0.3) is 0 Å². The van der Waals surface area contributed by atoms with Gasteiger partial charge in [-0.05, 0) is 14.1 Å². The molecule has 1 aromatic heterocycles. The van der Waals surface area contributed by atoms with E-state index in [1.807, 2.05) is 14.1 Å². The van der Waals surface area contributed by atoms with Crippen molar-refractivity contribution < 1.29 is 13.2 Å². The summed E-state index contributed by atoms with van der Waals surface area (Å²) in [6.07, 6.45) is 2.79. The predicted octanol–water partition coefficient (Wildman–Crippen LogP) is -1.29. The second kappa shape index (κ2) is 7.32. The Morgan fingerprint density at radius 2 is 2.33 bits per heavy atom. The Labute approximate surface area is 125 Å². The Balaban J connectivity index is 1.90. The lowest BCUT2D eigenvalue weighted by Crippen LogP contribution is -2.45. The number of likely N-dealkylation sites (N-methyl/N-ethyl adjacent to an activating group) is 2. The van der Waals surface area contributed by atoms with Crippen LogP contribution in [-0.2, 0) is 21.3 Å². The number of morpholine rings is 1. The average Bonchev–Trinajstić information content (AvgIpc) is 2.93. The molecular weight excluding hydrogens is 294 g/mol. The van der Waals surface area contributed by atoms with Crippen molar-refractivity contribution in [1.29, 1.82) is 0 Å². The number of sulfonamides is 1. The van der Waals surface area contributed by atoms with Gasteiger partial charge in [-0.2, -0.15) is 5.10 Å². The largest absolute Gasteiger partial charge is 0.374 e. The zero-order valence-electron chi connectivity index (χ0n) is 12.4. The first-order chi connectivity index (χ1) is 10.0. The maximum absolute atomic E-state index is 12.2. The van der Waals surface area contributed by atoms with E-state index in [4.69, 9.17) is 4.74 Å². The maximum Gasteiger partial charge on any atom is 0.243 e. The van der Waals surface area contributed by atoms with Crippen LogP contribution in [0.4, 0.5) is 0 Å². The molecular formula is C12H23N5O3S. The minimum atomic E-state index is -3.53. The summed E-state index contributed by atoms with van der Waals surface area (Å²) in [6.45, 7) is 3.87. The molecule has 0 amide bonds. The van der Waals surface area contributed by atoms with E-state index in [0.29, 0.717) is 13.2 Å². The van der Waals surface area contributed by atoms with Gasteiger partial charge in [0, 0.05) is 32.4 Å². The van der Waals surface area contributed by atoms with Gasteiger partial charge in [0.15, 0.2) is 0 Å². The fraction of sp³-hybridized carbons (Fsp3) is 0.750. The Bertz CT molecular complexity index is 545. The quantitative estimate of drug-likeness (QED) is 0.651. The lowest BCUT2D eigenvalue weighted by Gasteiger charge is -2.29. The molecule has 2 rings (SSSR count). The molecule has 120 valence electrons. The molecule has 1 atom stereocenters. The van der Waals surface area contributed by atoms with Crippen LogP contribution in [-0.4, -0.2) is 76.1 Å². The van der Waals surface area contributed by atoms with Crippen molar-refractivity contribution in [2.45, 2.75) is 17.5 Å². The predicted molar refractivity (Wildman–Crippen MR) is 78.6 cm³/mol. The number of ether oxygens (including phenoxy) is 1. The molecule has 9 heteroatoms. The van der Waals surface area contributed by atoms with Crippen LogP contribution in [0.5, 0.6) is 0 Å². The molecule has 1 aliphatic heterocycles. The standard InChI is InChI=1S/C12H23N5O3S/c1-13-3-4-17-10-12(8-14-17)21(18,19)15-7-11-9-16(2)5-6-20-11/h8,10-11,13,15H,3-7,9H2,1-2H3. The first kappa shape index (κ1) is 16.4. The van der Waals surface area contributed by atoms with Gasteiger partial charge in [0.05, 0.1) is 25.5 Å². The molecule has 0 aliphatic carbocycles. The Kier molecular flexibility index (Phi) is 5.71. The van der Waals surface area contributed by atoms with Gasteiger partial charge in [-0.1, -0.05) is 0 Å². The van der Waals surface area contributed by atoms with Crippen molar-refractivity contribution in [3.8, 4) is 0 Å². The van der Waals surface area contributed by atoms with Crippen LogP contribution in [0.1, 0.15) is 0 Å². The van der Waals surface area contributed by atoms with Crippen molar-refractivity contribution in [3.05, 3.63) is 12.4 Å². The topological polar surface area (TPSA) is 88.5 Å². The molecule has 1 unspecified atom stereocenters. The smallest absolute Gasteiger partial charge is 0.243 e. The summed E-state index contributed by atoms with van der Waals surface area (Å²) in [6, 6.07) is 0. The number of aromatic nitrogens is 2. The van der Waals surface area contributed by atoms with E-state index >= 15 is 0 Å². The van der Waals surface area contributed by atoms with Gasteiger partial charge in [0.2, 0.25) is 10.0 Å². The van der Waals surface area contributed by atoms with Gasteiger partial charge in [-0.25, -0.2) is 13.1 Å². The molecule has 0 saturated carbocycles. The Hall–Kier alpha value is -1.00. The summed E-state index contributed by atoms with van der Waals surface area (Å²) in [5.41, 5.74) is 0. The van der Waals surface area contributed by atoms with E-state index in [2.05, 4.69) is 20.0 Å². The summed E-state index contributed by atoms with van der Waals surface area (Å²) < 4.78 is 34.1. The second-order valence-electron chi connectivity index (χ2n) is 5.15. The lowest BCUT2D eigenvalue weighted by molar-refractivity contribution is -0.0156. The fourth-order valence-corrected chi connectivity index (χ4v) is 3.13. The van der Waals surface area contributed by atoms with Crippen molar-refractivity contribution in [3.63, 3.8) is 0 Å². The molecule has 8 nitrogen and oxygen atoms in total. The van der Waals surface area contributed by atoms with E-state index < -0.39 is 10.0 Å². The number of hydrogen-bond donors (Lipinski definition) is 2. The molecule has 2 N–H and O–H groups in total. The van der Waals surface area contributed by atoms with Crippen molar-refractivity contribution in [2.24, 2.45) is 0 Å². The highest BCUT2D eigenvalue weighted by atomic mass is 32.2. The molecule has 21 heavy (non-hydrogen) atoms. The fourth-order valence-electron chi connectivity index (χ4n) is 2.11. The van der Waals surface area contributed by atoms with Gasteiger partial charge in [-0.3, -0.25) is 4.68 Å². The first-order valence-electron chi connectivity index (χ1n) is 6.98. The van der Waals surface area contributed by atoms with Crippen LogP contribution in [0.2, 0.25) is 0 Å². The van der Waals surface area contributed by atoms with Crippen molar-refractivity contribution in [1.82, 2.24) is 24.7 Å². The van der Waals surface area contributed by atoms with Crippen LogP contribution in [0, 0.1) is 0 Å². The minimum Gasteiger partial charge on any atom is -0.374 e. The highest BCUT2D eigenvalue weighted by Gasteiger charge is 2.22. The molecule has 2 heterocycles. The van der Waals surface area contributed by atoms with E-state index in [-0.39, 0.29) is 17.5 Å². The minimum absolute atomic E-state index is 0.113.